The summed E-state index contributed by atoms with van der Waals surface area (Å²) in [6.07, 6.45) is 2.85. The lowest BCUT2D eigenvalue weighted by Gasteiger charge is -1.94. The zero-order valence-electron chi connectivity index (χ0n) is 9.98. The molecule has 0 saturated carbocycles. The Bertz CT molecular complexity index is 295. The summed E-state index contributed by atoms with van der Waals surface area (Å²) < 4.78 is 0. The Morgan fingerprint density at radius 2 is 1.28 bits per heavy atom. The van der Waals surface area contributed by atoms with Gasteiger partial charge in [0, 0.05) is 25.7 Å². The summed E-state index contributed by atoms with van der Waals surface area (Å²) in [6, 6.07) is 0. The first-order valence-electron chi connectivity index (χ1n) is 5.68. The van der Waals surface area contributed by atoms with Crippen LogP contribution < -0.4 is 5.32 Å². The number of carboxylic acid groups (broad SMARTS) is 2. The molecule has 3 N–H and O–H groups in total. The molecule has 1 rings (SSSR count). The average molecular weight is 259 g/mol. The third-order valence-electron chi connectivity index (χ3n) is 2.14. The zero-order valence-corrected chi connectivity index (χ0v) is 9.98. The van der Waals surface area contributed by atoms with Crippen molar-refractivity contribution >= 4 is 23.8 Å². The Morgan fingerprint density at radius 1 is 0.889 bits per heavy atom. The van der Waals surface area contributed by atoms with Crippen LogP contribution >= 0.6 is 0 Å². The highest BCUT2D eigenvalue weighted by atomic mass is 16.4. The van der Waals surface area contributed by atoms with Crippen molar-refractivity contribution in [2.75, 3.05) is 0 Å². The molecule has 1 aliphatic rings. The standard InChI is InChI=1S/C7H12O4.C4H5NO2/c8-6(9)4-2-1-3-5-7(10)11;6-3-1-2-4(7)5-3/h1-5H2,(H,8,9)(H,10,11);1-2H2,(H,5,6,7). The number of imide groups is 1. The van der Waals surface area contributed by atoms with Gasteiger partial charge in [0.15, 0.2) is 0 Å². The molecule has 18 heavy (non-hydrogen) atoms. The molecule has 0 atom stereocenters. The molecule has 0 aromatic rings. The lowest BCUT2D eigenvalue weighted by Crippen LogP contribution is -2.18. The zero-order chi connectivity index (χ0) is 14.0. The van der Waals surface area contributed by atoms with Gasteiger partial charge in [-0.2, -0.15) is 0 Å². The van der Waals surface area contributed by atoms with E-state index in [0.29, 0.717) is 32.1 Å². The summed E-state index contributed by atoms with van der Waals surface area (Å²) in [5.41, 5.74) is 0. The lowest BCUT2D eigenvalue weighted by atomic mass is 10.1. The summed E-state index contributed by atoms with van der Waals surface area (Å²) in [4.78, 5) is 40.2. The molecule has 1 aliphatic heterocycles. The number of amides is 2. The third-order valence-corrected chi connectivity index (χ3v) is 2.14. The number of hydrogen-bond acceptors (Lipinski definition) is 4. The van der Waals surface area contributed by atoms with E-state index in [1.165, 1.54) is 0 Å². The van der Waals surface area contributed by atoms with E-state index in [1.54, 1.807) is 0 Å². The van der Waals surface area contributed by atoms with Gasteiger partial charge in [0.1, 0.15) is 0 Å². The number of unbranched alkanes of at least 4 members (excludes halogenated alkanes) is 2. The van der Waals surface area contributed by atoms with Crippen LogP contribution in [0.4, 0.5) is 0 Å². The quantitative estimate of drug-likeness (QED) is 0.472. The molecule has 0 unspecified atom stereocenters. The molecule has 1 fully saturated rings. The van der Waals surface area contributed by atoms with Crippen LogP contribution in [0.25, 0.3) is 0 Å². The topological polar surface area (TPSA) is 121 Å². The summed E-state index contributed by atoms with van der Waals surface area (Å²) in [7, 11) is 0. The van der Waals surface area contributed by atoms with Crippen molar-refractivity contribution in [1.82, 2.24) is 5.32 Å². The monoisotopic (exact) mass is 259 g/mol. The normalized spacial score (nSPS) is 13.6. The number of aliphatic carboxylic acids is 2. The molecule has 7 heteroatoms. The molecule has 0 aliphatic carbocycles. The van der Waals surface area contributed by atoms with E-state index in [2.05, 4.69) is 5.32 Å². The van der Waals surface area contributed by atoms with E-state index >= 15 is 0 Å². The Hall–Kier alpha value is -1.92. The summed E-state index contributed by atoms with van der Waals surface area (Å²) in [6.45, 7) is 0. The van der Waals surface area contributed by atoms with Crippen molar-refractivity contribution in [3.05, 3.63) is 0 Å². The molecule has 102 valence electrons. The fraction of sp³-hybridized carbons (Fsp3) is 0.636. The maximum atomic E-state index is 10.1. The van der Waals surface area contributed by atoms with Gasteiger partial charge in [0.2, 0.25) is 11.8 Å². The van der Waals surface area contributed by atoms with E-state index in [-0.39, 0.29) is 24.7 Å². The molecule has 1 saturated heterocycles. The van der Waals surface area contributed by atoms with Crippen molar-refractivity contribution in [3.63, 3.8) is 0 Å². The first kappa shape index (κ1) is 16.1. The molecule has 0 aromatic carbocycles. The first-order valence-corrected chi connectivity index (χ1v) is 5.68. The molecule has 2 amide bonds. The molecular formula is C11H17NO6. The average Bonchev–Trinajstić information content (AvgIpc) is 2.62. The molecule has 7 nitrogen and oxygen atoms in total. The molecule has 0 aromatic heterocycles. The molecule has 1 heterocycles. The van der Waals surface area contributed by atoms with Crippen molar-refractivity contribution in [3.8, 4) is 0 Å². The Balaban J connectivity index is 0.000000351. The van der Waals surface area contributed by atoms with Gasteiger partial charge in [0.25, 0.3) is 0 Å². The van der Waals surface area contributed by atoms with Crippen LogP contribution in [0.3, 0.4) is 0 Å². The Morgan fingerprint density at radius 3 is 1.50 bits per heavy atom. The van der Waals surface area contributed by atoms with E-state index in [1.807, 2.05) is 0 Å². The van der Waals surface area contributed by atoms with Gasteiger partial charge in [-0.25, -0.2) is 0 Å². The van der Waals surface area contributed by atoms with Crippen LogP contribution in [0.5, 0.6) is 0 Å². The maximum Gasteiger partial charge on any atom is 0.303 e. The van der Waals surface area contributed by atoms with Gasteiger partial charge in [0.05, 0.1) is 0 Å². The highest BCUT2D eigenvalue weighted by Gasteiger charge is 2.15. The van der Waals surface area contributed by atoms with Crippen molar-refractivity contribution in [2.45, 2.75) is 44.9 Å². The summed E-state index contributed by atoms with van der Waals surface area (Å²) in [5, 5.41) is 18.6. The van der Waals surface area contributed by atoms with Gasteiger partial charge in [-0.1, -0.05) is 6.42 Å². The second kappa shape index (κ2) is 9.15. The molecule has 0 radical (unpaired) electrons. The minimum atomic E-state index is -0.819. The van der Waals surface area contributed by atoms with Gasteiger partial charge >= 0.3 is 11.9 Å². The van der Waals surface area contributed by atoms with E-state index in [4.69, 9.17) is 10.2 Å². The summed E-state index contributed by atoms with van der Waals surface area (Å²) in [5.74, 6) is -1.93. The van der Waals surface area contributed by atoms with Crippen LogP contribution in [0.2, 0.25) is 0 Å². The Kier molecular flexibility index (Phi) is 8.17. The van der Waals surface area contributed by atoms with Gasteiger partial charge in [-0.05, 0) is 12.8 Å². The number of carbonyl (C=O) groups is 4. The smallest absolute Gasteiger partial charge is 0.303 e. The van der Waals surface area contributed by atoms with Crippen LogP contribution in [-0.2, 0) is 19.2 Å². The predicted octanol–water partition coefficient (Wildman–Crippen LogP) is 0.529. The van der Waals surface area contributed by atoms with Crippen LogP contribution in [0, 0.1) is 0 Å². The number of carboxylic acids is 2. The van der Waals surface area contributed by atoms with Gasteiger partial charge in [-0.3, -0.25) is 24.5 Å². The number of carbonyl (C=O) groups excluding carboxylic acids is 2. The van der Waals surface area contributed by atoms with E-state index < -0.39 is 11.9 Å². The first-order chi connectivity index (χ1) is 8.41. The van der Waals surface area contributed by atoms with Gasteiger partial charge in [-0.15, -0.1) is 0 Å². The number of hydrogen-bond donors (Lipinski definition) is 3. The van der Waals surface area contributed by atoms with E-state index in [0.717, 1.165) is 0 Å². The molecule has 0 spiro atoms. The van der Waals surface area contributed by atoms with Gasteiger partial charge < -0.3 is 10.2 Å². The maximum absolute atomic E-state index is 10.1. The van der Waals surface area contributed by atoms with Crippen LogP contribution in [0.1, 0.15) is 44.9 Å². The third kappa shape index (κ3) is 10.6. The number of nitrogens with one attached hydrogen (secondary N) is 1. The minimum Gasteiger partial charge on any atom is -0.481 e. The second-order valence-electron chi connectivity index (χ2n) is 3.82. The minimum absolute atomic E-state index is 0.139. The SMILES string of the molecule is O=C(O)CCCCCC(=O)O.O=C1CCC(=O)N1. The highest BCUT2D eigenvalue weighted by molar-refractivity contribution is 6.01. The largest absolute Gasteiger partial charge is 0.481 e. The van der Waals surface area contributed by atoms with Crippen LogP contribution in [0.15, 0.2) is 0 Å². The molecule has 0 bridgehead atoms. The Labute approximate surface area is 104 Å². The number of rotatable bonds is 6. The van der Waals surface area contributed by atoms with Crippen molar-refractivity contribution in [1.29, 1.82) is 0 Å². The molecular weight excluding hydrogens is 242 g/mol. The van der Waals surface area contributed by atoms with Crippen molar-refractivity contribution in [2.24, 2.45) is 0 Å². The fourth-order valence-corrected chi connectivity index (χ4v) is 1.24. The summed E-state index contributed by atoms with van der Waals surface area (Å²) >= 11 is 0. The van der Waals surface area contributed by atoms with E-state index in [9.17, 15) is 19.2 Å². The predicted molar refractivity (Wildman–Crippen MR) is 60.7 cm³/mol. The lowest BCUT2D eigenvalue weighted by molar-refractivity contribution is -0.137. The van der Waals surface area contributed by atoms with Crippen molar-refractivity contribution < 1.29 is 29.4 Å². The van der Waals surface area contributed by atoms with Crippen LogP contribution in [-0.4, -0.2) is 34.0 Å². The highest BCUT2D eigenvalue weighted by Crippen LogP contribution is 2.02. The fourth-order valence-electron chi connectivity index (χ4n) is 1.24. The second-order valence-corrected chi connectivity index (χ2v) is 3.82.